The summed E-state index contributed by atoms with van der Waals surface area (Å²) < 4.78 is 6.33. The van der Waals surface area contributed by atoms with Crippen molar-refractivity contribution in [3.05, 3.63) is 29.3 Å². The maximum absolute atomic E-state index is 13.2. The summed E-state index contributed by atoms with van der Waals surface area (Å²) in [6, 6.07) is 4.85. The smallest absolute Gasteiger partial charge is 0.253 e. The summed E-state index contributed by atoms with van der Waals surface area (Å²) in [6.45, 7) is 7.86. The number of hydrogen-bond acceptors (Lipinski definition) is 7. The summed E-state index contributed by atoms with van der Waals surface area (Å²) in [7, 11) is 0. The summed E-state index contributed by atoms with van der Waals surface area (Å²) in [5.41, 5.74) is 2.05. The van der Waals surface area contributed by atoms with E-state index in [4.69, 9.17) is 4.74 Å². The molecule has 8 heteroatoms. The SMILES string of the molecule is C=Nc1cc(C(=O)N2CCCCC2)cc(-c2nccs2)c1OCN1CC2CCC(C1)N2. The molecule has 3 aliphatic rings. The number of carbonyl (C=O) groups is 1. The average Bonchev–Trinajstić information content (AvgIpc) is 3.47. The number of nitrogens with zero attached hydrogens (tertiary/aromatic N) is 4. The minimum Gasteiger partial charge on any atom is -0.475 e. The van der Waals surface area contributed by atoms with E-state index in [1.807, 2.05) is 22.4 Å². The molecule has 31 heavy (non-hydrogen) atoms. The van der Waals surface area contributed by atoms with Crippen LogP contribution in [0, 0.1) is 0 Å². The fourth-order valence-corrected chi connectivity index (χ4v) is 5.60. The van der Waals surface area contributed by atoms with E-state index in [0.717, 1.165) is 49.6 Å². The lowest BCUT2D eigenvalue weighted by atomic mass is 10.0. The maximum Gasteiger partial charge on any atom is 0.253 e. The van der Waals surface area contributed by atoms with E-state index in [1.54, 1.807) is 6.20 Å². The van der Waals surface area contributed by atoms with Gasteiger partial charge in [0.25, 0.3) is 5.91 Å². The number of likely N-dealkylation sites (tertiary alicyclic amines) is 2. The lowest BCUT2D eigenvalue weighted by molar-refractivity contribution is 0.0724. The number of thiazole rings is 1. The predicted molar refractivity (Wildman–Crippen MR) is 124 cm³/mol. The zero-order valence-electron chi connectivity index (χ0n) is 17.8. The number of benzene rings is 1. The summed E-state index contributed by atoms with van der Waals surface area (Å²) >= 11 is 1.54. The molecular weight excluding hydrogens is 410 g/mol. The number of nitrogens with one attached hydrogen (secondary N) is 1. The normalized spacial score (nSPS) is 23.7. The number of piperidine rings is 1. The lowest BCUT2D eigenvalue weighted by Gasteiger charge is -2.32. The molecule has 2 bridgehead atoms. The first-order chi connectivity index (χ1) is 15.2. The molecule has 1 aromatic carbocycles. The Bertz CT molecular complexity index is 930. The largest absolute Gasteiger partial charge is 0.475 e. The van der Waals surface area contributed by atoms with Gasteiger partial charge in [0.2, 0.25) is 0 Å². The standard InChI is InChI=1S/C23H29N5O2S/c1-24-20-12-16(23(29)28-8-3-2-4-9-28)11-19(22-25-7-10-31-22)21(20)30-15-27-13-17-5-6-18(14-27)26-17/h7,10-12,17-18,26H,1-6,8-9,13-15H2. The van der Waals surface area contributed by atoms with Gasteiger partial charge < -0.3 is 15.0 Å². The van der Waals surface area contributed by atoms with Gasteiger partial charge in [-0.2, -0.15) is 0 Å². The highest BCUT2D eigenvalue weighted by Gasteiger charge is 2.32. The van der Waals surface area contributed by atoms with Crippen molar-refractivity contribution < 1.29 is 9.53 Å². The minimum absolute atomic E-state index is 0.0487. The molecule has 0 spiro atoms. The average molecular weight is 440 g/mol. The number of piperazine rings is 1. The highest BCUT2D eigenvalue weighted by molar-refractivity contribution is 7.13. The Hall–Kier alpha value is -2.29. The number of aliphatic imine (C=N–C) groups is 1. The third-order valence-corrected chi connectivity index (χ3v) is 7.28. The molecule has 3 aliphatic heterocycles. The fraction of sp³-hybridized carbons (Fsp3) is 0.522. The predicted octanol–water partition coefficient (Wildman–Crippen LogP) is 3.54. The first-order valence-electron chi connectivity index (χ1n) is 11.2. The topological polar surface area (TPSA) is 70.1 Å². The molecule has 5 rings (SSSR count). The van der Waals surface area contributed by atoms with Crippen LogP contribution in [0.5, 0.6) is 5.75 Å². The van der Waals surface area contributed by atoms with E-state index in [2.05, 4.69) is 26.9 Å². The second kappa shape index (κ2) is 9.06. The van der Waals surface area contributed by atoms with Crippen LogP contribution in [0.25, 0.3) is 10.6 Å². The van der Waals surface area contributed by atoms with Gasteiger partial charge >= 0.3 is 0 Å². The van der Waals surface area contributed by atoms with E-state index >= 15 is 0 Å². The Morgan fingerprint density at radius 1 is 1.23 bits per heavy atom. The van der Waals surface area contributed by atoms with E-state index in [9.17, 15) is 4.79 Å². The van der Waals surface area contributed by atoms with E-state index < -0.39 is 0 Å². The molecule has 1 amide bonds. The van der Waals surface area contributed by atoms with Gasteiger partial charge in [0.1, 0.15) is 17.4 Å². The first-order valence-corrected chi connectivity index (χ1v) is 12.0. The molecule has 2 atom stereocenters. The molecule has 7 nitrogen and oxygen atoms in total. The van der Waals surface area contributed by atoms with Crippen molar-refractivity contribution in [2.45, 2.75) is 44.2 Å². The van der Waals surface area contributed by atoms with Crippen LogP contribution in [0.15, 0.2) is 28.7 Å². The molecule has 1 N–H and O–H groups in total. The Morgan fingerprint density at radius 2 is 2.00 bits per heavy atom. The maximum atomic E-state index is 13.2. The van der Waals surface area contributed by atoms with Crippen LogP contribution in [0.1, 0.15) is 42.5 Å². The summed E-state index contributed by atoms with van der Waals surface area (Å²) in [5.74, 6) is 0.707. The molecule has 164 valence electrons. The monoisotopic (exact) mass is 439 g/mol. The van der Waals surface area contributed by atoms with Crippen LogP contribution in [-0.4, -0.2) is 72.4 Å². The Balaban J connectivity index is 1.43. The van der Waals surface area contributed by atoms with Gasteiger partial charge in [-0.15, -0.1) is 11.3 Å². The van der Waals surface area contributed by atoms with Crippen molar-refractivity contribution in [2.75, 3.05) is 32.9 Å². The number of ether oxygens (including phenoxy) is 1. The molecule has 1 aromatic heterocycles. The molecule has 0 aliphatic carbocycles. The minimum atomic E-state index is 0.0487. The molecular formula is C23H29N5O2S. The third kappa shape index (κ3) is 4.37. The number of rotatable bonds is 6. The quantitative estimate of drug-likeness (QED) is 0.697. The number of aromatic nitrogens is 1. The molecule has 2 aromatic rings. The van der Waals surface area contributed by atoms with Crippen LogP contribution >= 0.6 is 11.3 Å². The van der Waals surface area contributed by atoms with Gasteiger partial charge in [-0.25, -0.2) is 4.98 Å². The number of carbonyl (C=O) groups excluding carboxylic acids is 1. The van der Waals surface area contributed by atoms with Crippen molar-refractivity contribution >= 4 is 29.6 Å². The van der Waals surface area contributed by atoms with Crippen molar-refractivity contribution in [1.29, 1.82) is 0 Å². The van der Waals surface area contributed by atoms with Crippen LogP contribution < -0.4 is 10.1 Å². The van der Waals surface area contributed by atoms with Gasteiger partial charge in [-0.3, -0.25) is 14.7 Å². The molecule has 4 heterocycles. The fourth-order valence-electron chi connectivity index (χ4n) is 4.95. The Kier molecular flexibility index (Phi) is 6.02. The first kappa shape index (κ1) is 20.6. The van der Waals surface area contributed by atoms with E-state index in [-0.39, 0.29) is 5.91 Å². The number of fused-ring (bicyclic) bond motifs is 2. The zero-order chi connectivity index (χ0) is 21.2. The molecule has 2 unspecified atom stereocenters. The second-order valence-electron chi connectivity index (χ2n) is 8.67. The Labute approximate surface area is 187 Å². The third-order valence-electron chi connectivity index (χ3n) is 6.48. The van der Waals surface area contributed by atoms with Crippen LogP contribution in [0.4, 0.5) is 5.69 Å². The highest BCUT2D eigenvalue weighted by Crippen LogP contribution is 2.41. The number of amides is 1. The molecule has 3 saturated heterocycles. The molecule has 0 radical (unpaired) electrons. The second-order valence-corrected chi connectivity index (χ2v) is 9.56. The number of hydrogen-bond donors (Lipinski definition) is 1. The lowest BCUT2D eigenvalue weighted by Crippen LogP contribution is -2.51. The molecule has 3 fully saturated rings. The molecule has 0 saturated carbocycles. The summed E-state index contributed by atoms with van der Waals surface area (Å²) in [4.78, 5) is 26.2. The van der Waals surface area contributed by atoms with Gasteiger partial charge in [0, 0.05) is 55.4 Å². The van der Waals surface area contributed by atoms with Gasteiger partial charge in [-0.1, -0.05) is 0 Å². The Morgan fingerprint density at radius 3 is 2.68 bits per heavy atom. The highest BCUT2D eigenvalue weighted by atomic mass is 32.1. The van der Waals surface area contributed by atoms with E-state index in [0.29, 0.717) is 35.8 Å². The van der Waals surface area contributed by atoms with Crippen LogP contribution in [0.2, 0.25) is 0 Å². The van der Waals surface area contributed by atoms with Crippen molar-refractivity contribution in [3.63, 3.8) is 0 Å². The van der Waals surface area contributed by atoms with Crippen molar-refractivity contribution in [3.8, 4) is 16.3 Å². The van der Waals surface area contributed by atoms with Gasteiger partial charge in [0.05, 0.1) is 5.56 Å². The summed E-state index contributed by atoms with van der Waals surface area (Å²) in [5, 5.41) is 6.41. The van der Waals surface area contributed by atoms with E-state index in [1.165, 1.54) is 30.6 Å². The van der Waals surface area contributed by atoms with Crippen molar-refractivity contribution in [1.82, 2.24) is 20.1 Å². The van der Waals surface area contributed by atoms with Gasteiger partial charge in [-0.05, 0) is 51.0 Å². The zero-order valence-corrected chi connectivity index (χ0v) is 18.6. The summed E-state index contributed by atoms with van der Waals surface area (Å²) in [6.07, 6.45) is 7.56. The van der Waals surface area contributed by atoms with Crippen molar-refractivity contribution in [2.24, 2.45) is 4.99 Å². The van der Waals surface area contributed by atoms with Crippen LogP contribution in [-0.2, 0) is 0 Å². The van der Waals surface area contributed by atoms with Crippen LogP contribution in [0.3, 0.4) is 0 Å². The van der Waals surface area contributed by atoms with Gasteiger partial charge in [0.15, 0.2) is 5.75 Å².